The highest BCUT2D eigenvalue weighted by molar-refractivity contribution is 6.10. The van der Waals surface area contributed by atoms with Gasteiger partial charge in [0.25, 0.3) is 0 Å². The molecule has 0 saturated heterocycles. The van der Waals surface area contributed by atoms with E-state index in [1.165, 1.54) is 60.5 Å². The van der Waals surface area contributed by atoms with Crippen molar-refractivity contribution in [1.29, 1.82) is 0 Å². The lowest BCUT2D eigenvalue weighted by atomic mass is 9.73. The molecule has 2 aromatic carbocycles. The lowest BCUT2D eigenvalue weighted by Crippen LogP contribution is -2.23. The van der Waals surface area contributed by atoms with Gasteiger partial charge in [0.05, 0.1) is 0 Å². The fraction of sp³-hybridized carbons (Fsp3) is 0.500. The van der Waals surface area contributed by atoms with Crippen molar-refractivity contribution in [2.45, 2.75) is 76.5 Å². The summed E-state index contributed by atoms with van der Waals surface area (Å²) in [5, 5.41) is 3.01. The lowest BCUT2D eigenvalue weighted by Gasteiger charge is -2.31. The Morgan fingerprint density at radius 1 is 0.920 bits per heavy atom. The van der Waals surface area contributed by atoms with Crippen molar-refractivity contribution in [2.24, 2.45) is 0 Å². The second-order valence-corrected chi connectivity index (χ2v) is 8.42. The monoisotopic (exact) mass is 331 g/mol. The minimum Gasteiger partial charge on any atom is -0.355 e. The fourth-order valence-corrected chi connectivity index (χ4v) is 6.05. The zero-order valence-electron chi connectivity index (χ0n) is 15.8. The van der Waals surface area contributed by atoms with E-state index in [1.807, 2.05) is 0 Å². The van der Waals surface area contributed by atoms with Crippen molar-refractivity contribution < 1.29 is 0 Å². The highest BCUT2D eigenvalue weighted by atomic mass is 14.7. The van der Waals surface area contributed by atoms with Crippen LogP contribution in [0, 0.1) is 0 Å². The van der Waals surface area contributed by atoms with Crippen LogP contribution in [0.3, 0.4) is 0 Å². The molecule has 2 aliphatic rings. The van der Waals surface area contributed by atoms with Gasteiger partial charge in [0.2, 0.25) is 0 Å². The van der Waals surface area contributed by atoms with Crippen molar-refractivity contribution in [2.75, 3.05) is 0 Å². The molecule has 1 saturated carbocycles. The number of nitrogens with one attached hydrogen (secondary N) is 1. The maximum atomic E-state index is 3.70. The highest BCUT2D eigenvalue weighted by Crippen LogP contribution is 2.56. The Labute approximate surface area is 150 Å². The molecule has 1 nitrogen and oxygen atoms in total. The Hall–Kier alpha value is -1.76. The molecule has 2 unspecified atom stereocenters. The number of H-pyrrole nitrogens is 1. The van der Waals surface area contributed by atoms with Gasteiger partial charge >= 0.3 is 0 Å². The number of hydrogen-bond donors (Lipinski definition) is 1. The Morgan fingerprint density at radius 3 is 2.40 bits per heavy atom. The van der Waals surface area contributed by atoms with E-state index in [1.54, 1.807) is 16.5 Å². The third kappa shape index (κ3) is 1.96. The first-order valence-corrected chi connectivity index (χ1v) is 10.3. The Morgan fingerprint density at radius 2 is 1.64 bits per heavy atom. The molecular formula is C24H29N. The Kier molecular flexibility index (Phi) is 3.33. The molecule has 0 amide bonds. The van der Waals surface area contributed by atoms with Crippen LogP contribution in [0.4, 0.5) is 0 Å². The van der Waals surface area contributed by atoms with Crippen LogP contribution in [0.25, 0.3) is 21.8 Å². The summed E-state index contributed by atoms with van der Waals surface area (Å²) >= 11 is 0. The van der Waals surface area contributed by atoms with E-state index < -0.39 is 0 Å². The van der Waals surface area contributed by atoms with Crippen molar-refractivity contribution in [3.63, 3.8) is 0 Å². The van der Waals surface area contributed by atoms with Crippen LogP contribution in [0.1, 0.15) is 87.8 Å². The maximum absolute atomic E-state index is 3.70. The summed E-state index contributed by atoms with van der Waals surface area (Å²) in [6.07, 6.45) is 7.85. The van der Waals surface area contributed by atoms with Crippen LogP contribution in [0.2, 0.25) is 0 Å². The van der Waals surface area contributed by atoms with Crippen LogP contribution in [0.5, 0.6) is 0 Å². The van der Waals surface area contributed by atoms with Crippen molar-refractivity contribution in [1.82, 2.24) is 4.98 Å². The van der Waals surface area contributed by atoms with Crippen LogP contribution in [-0.2, 0) is 5.41 Å². The van der Waals surface area contributed by atoms with Crippen molar-refractivity contribution in [3.05, 3.63) is 47.0 Å². The molecule has 25 heavy (non-hydrogen) atoms. The summed E-state index contributed by atoms with van der Waals surface area (Å²) in [4.78, 5) is 3.70. The van der Waals surface area contributed by atoms with Gasteiger partial charge in [-0.05, 0) is 90.7 Å². The molecule has 1 heterocycles. The molecular weight excluding hydrogens is 302 g/mol. The molecule has 0 radical (unpaired) electrons. The van der Waals surface area contributed by atoms with E-state index in [9.17, 15) is 0 Å². The Bertz CT molecular complexity index is 949. The molecule has 1 aromatic heterocycles. The fourth-order valence-electron chi connectivity index (χ4n) is 6.05. The van der Waals surface area contributed by atoms with Crippen LogP contribution in [-0.4, -0.2) is 4.98 Å². The van der Waals surface area contributed by atoms with Gasteiger partial charge in [-0.3, -0.25) is 0 Å². The normalized spacial score (nSPS) is 22.2. The zero-order valence-corrected chi connectivity index (χ0v) is 15.8. The number of aromatic amines is 1. The Balaban J connectivity index is 1.80. The summed E-state index contributed by atoms with van der Waals surface area (Å²) in [6.45, 7) is 7.05. The van der Waals surface area contributed by atoms with E-state index in [4.69, 9.17) is 0 Å². The molecule has 2 atom stereocenters. The first-order chi connectivity index (χ1) is 12.2. The molecule has 1 fully saturated rings. The summed E-state index contributed by atoms with van der Waals surface area (Å²) in [5.74, 6) is 1.64. The third-order valence-corrected chi connectivity index (χ3v) is 7.76. The molecule has 2 bridgehead atoms. The zero-order chi connectivity index (χ0) is 17.2. The summed E-state index contributed by atoms with van der Waals surface area (Å²) in [6, 6.07) is 12.0. The summed E-state index contributed by atoms with van der Waals surface area (Å²) in [5.41, 5.74) is 7.86. The number of aromatic nitrogens is 1. The van der Waals surface area contributed by atoms with Crippen LogP contribution >= 0.6 is 0 Å². The third-order valence-electron chi connectivity index (χ3n) is 7.76. The molecule has 0 aliphatic heterocycles. The summed E-state index contributed by atoms with van der Waals surface area (Å²) in [7, 11) is 0. The van der Waals surface area contributed by atoms with Gasteiger partial charge < -0.3 is 4.98 Å². The first kappa shape index (κ1) is 15.5. The van der Waals surface area contributed by atoms with Gasteiger partial charge in [-0.1, -0.05) is 32.9 Å². The van der Waals surface area contributed by atoms with E-state index in [-0.39, 0.29) is 0 Å². The van der Waals surface area contributed by atoms with Gasteiger partial charge in [0.15, 0.2) is 0 Å². The van der Waals surface area contributed by atoms with E-state index in [2.05, 4.69) is 56.1 Å². The van der Waals surface area contributed by atoms with E-state index in [0.717, 1.165) is 11.8 Å². The predicted octanol–water partition coefficient (Wildman–Crippen LogP) is 7.15. The van der Waals surface area contributed by atoms with Crippen molar-refractivity contribution in [3.8, 4) is 0 Å². The molecule has 0 spiro atoms. The quantitative estimate of drug-likeness (QED) is 0.522. The average molecular weight is 332 g/mol. The standard InChI is InChI=1S/C24H29N/c1-4-24(5-2,6-3)17-9-11-20-19(14-17)23-21(25-20)12-10-18-15-7-8-16(13-15)22(18)23/h9-12,14-16,25H,4-8,13H2,1-3H3. The molecule has 1 N–H and O–H groups in total. The average Bonchev–Trinajstić information content (AvgIpc) is 3.36. The maximum Gasteiger partial charge on any atom is 0.0467 e. The molecule has 5 rings (SSSR count). The molecule has 3 aromatic rings. The van der Waals surface area contributed by atoms with Gasteiger partial charge in [-0.15, -0.1) is 0 Å². The predicted molar refractivity (Wildman–Crippen MR) is 108 cm³/mol. The summed E-state index contributed by atoms with van der Waals surface area (Å²) < 4.78 is 0. The SMILES string of the molecule is CCC(CC)(CC)c1ccc2[nH]c3ccc4c(c3c2c1)C1CCC4C1. The minimum absolute atomic E-state index is 0.328. The molecule has 130 valence electrons. The first-order valence-electron chi connectivity index (χ1n) is 10.3. The van der Waals surface area contributed by atoms with Crippen molar-refractivity contribution >= 4 is 21.8 Å². The van der Waals surface area contributed by atoms with E-state index >= 15 is 0 Å². The second kappa shape index (κ2) is 5.37. The van der Waals surface area contributed by atoms with Gasteiger partial charge in [-0.2, -0.15) is 0 Å². The topological polar surface area (TPSA) is 15.8 Å². The highest BCUT2D eigenvalue weighted by Gasteiger charge is 2.38. The number of benzene rings is 2. The van der Waals surface area contributed by atoms with Gasteiger partial charge in [-0.25, -0.2) is 0 Å². The smallest absolute Gasteiger partial charge is 0.0467 e. The minimum atomic E-state index is 0.328. The van der Waals surface area contributed by atoms with Crippen LogP contribution < -0.4 is 0 Å². The largest absolute Gasteiger partial charge is 0.355 e. The lowest BCUT2D eigenvalue weighted by molar-refractivity contribution is 0.382. The number of rotatable bonds is 4. The molecule has 2 aliphatic carbocycles. The molecule has 1 heteroatoms. The van der Waals surface area contributed by atoms with Gasteiger partial charge in [0, 0.05) is 21.8 Å². The van der Waals surface area contributed by atoms with Gasteiger partial charge in [0.1, 0.15) is 0 Å². The van der Waals surface area contributed by atoms with Crippen LogP contribution in [0.15, 0.2) is 30.3 Å². The number of fused-ring (bicyclic) bond motifs is 9. The van der Waals surface area contributed by atoms with E-state index in [0.29, 0.717) is 5.41 Å². The second-order valence-electron chi connectivity index (χ2n) is 8.42. The number of hydrogen-bond acceptors (Lipinski definition) is 0.